The van der Waals surface area contributed by atoms with E-state index in [-0.39, 0.29) is 5.78 Å². The Morgan fingerprint density at radius 1 is 0.875 bits per heavy atom. The van der Waals surface area contributed by atoms with E-state index < -0.39 is 30.8 Å². The number of Topliss-reactive ketones (excluding diaryl/α,β-unsaturated/α-hetero) is 1. The molecule has 0 heterocycles. The fourth-order valence-corrected chi connectivity index (χ4v) is 16.1. The third kappa shape index (κ3) is 9.20. The summed E-state index contributed by atoms with van der Waals surface area (Å²) in [6, 6.07) is 7.03. The van der Waals surface area contributed by atoms with Crippen molar-refractivity contribution < 1.29 is 27.6 Å². The van der Waals surface area contributed by atoms with Gasteiger partial charge in [0.2, 0.25) is 0 Å². The maximum Gasteiger partial charge on any atom is 0.341 e. The molecule has 9 heteroatoms. The Hall–Kier alpha value is -0.819. The molecule has 0 aliphatic heterocycles. The van der Waals surface area contributed by atoms with E-state index in [9.17, 15) is 9.90 Å². The number of hydrogen-bond acceptors (Lipinski definition) is 6. The first-order chi connectivity index (χ1) is 14.7. The molecule has 2 rings (SSSR count). The molecule has 1 aromatic rings. The highest BCUT2D eigenvalue weighted by Gasteiger charge is 2.41. The van der Waals surface area contributed by atoms with Gasteiger partial charge < -0.3 is 22.8 Å². The standard InChI is InChI=1S/C23H42O6Si3/c1-30(2,3)28-32(7,29-31(4,5)6)19-26-17-18-27-21-13-11-20(12-14-21)22(24)23(25)15-9-8-10-16-23/h11-14,25H,8-10,15-19H2,1-7H3. The van der Waals surface area contributed by atoms with Gasteiger partial charge in [-0.25, -0.2) is 0 Å². The second-order valence-electron chi connectivity index (χ2n) is 10.9. The molecule has 0 radical (unpaired) electrons. The Labute approximate surface area is 197 Å². The summed E-state index contributed by atoms with van der Waals surface area (Å²) in [6.45, 7) is 16.0. The van der Waals surface area contributed by atoms with Gasteiger partial charge in [-0.1, -0.05) is 19.3 Å². The summed E-state index contributed by atoms with van der Waals surface area (Å²) in [5, 5.41) is 10.7. The van der Waals surface area contributed by atoms with Crippen molar-refractivity contribution >= 4 is 31.0 Å². The number of carbonyl (C=O) groups excluding carboxylic acids is 1. The Kier molecular flexibility index (Phi) is 9.49. The summed E-state index contributed by atoms with van der Waals surface area (Å²) < 4.78 is 24.6. The van der Waals surface area contributed by atoms with Crippen LogP contribution in [0.1, 0.15) is 42.5 Å². The van der Waals surface area contributed by atoms with E-state index in [1.54, 1.807) is 24.3 Å². The number of ether oxygens (including phenoxy) is 2. The van der Waals surface area contributed by atoms with Crippen LogP contribution in [0, 0.1) is 0 Å². The van der Waals surface area contributed by atoms with Crippen LogP contribution in [-0.4, -0.2) is 61.1 Å². The molecule has 0 amide bonds. The van der Waals surface area contributed by atoms with E-state index in [0.29, 0.717) is 43.6 Å². The lowest BCUT2D eigenvalue weighted by Crippen LogP contribution is -2.56. The van der Waals surface area contributed by atoms with Gasteiger partial charge in [0.25, 0.3) is 0 Å². The fourth-order valence-electron chi connectivity index (χ4n) is 4.19. The summed E-state index contributed by atoms with van der Waals surface area (Å²) in [7, 11) is -5.90. The van der Waals surface area contributed by atoms with Gasteiger partial charge >= 0.3 is 8.56 Å². The Morgan fingerprint density at radius 2 is 1.41 bits per heavy atom. The van der Waals surface area contributed by atoms with Crippen LogP contribution < -0.4 is 4.74 Å². The molecule has 1 N–H and O–H groups in total. The predicted molar refractivity (Wildman–Crippen MR) is 136 cm³/mol. The molecule has 1 aliphatic carbocycles. The van der Waals surface area contributed by atoms with Gasteiger partial charge in [0.05, 0.1) is 12.8 Å². The minimum absolute atomic E-state index is 0.180. The van der Waals surface area contributed by atoms with Crippen LogP contribution in [0.4, 0.5) is 0 Å². The molecule has 182 valence electrons. The van der Waals surface area contributed by atoms with Gasteiger partial charge in [0, 0.05) is 5.56 Å². The first-order valence-electron chi connectivity index (χ1n) is 11.7. The van der Waals surface area contributed by atoms with E-state index in [0.717, 1.165) is 19.3 Å². The van der Waals surface area contributed by atoms with Gasteiger partial charge in [-0.3, -0.25) is 4.79 Å². The largest absolute Gasteiger partial charge is 0.491 e. The zero-order valence-corrected chi connectivity index (χ0v) is 24.0. The number of carbonyl (C=O) groups is 1. The quantitative estimate of drug-likeness (QED) is 0.240. The van der Waals surface area contributed by atoms with Crippen molar-refractivity contribution in [2.24, 2.45) is 0 Å². The zero-order chi connectivity index (χ0) is 24.0. The third-order valence-corrected chi connectivity index (χ3v) is 14.2. The topological polar surface area (TPSA) is 74.2 Å². The number of benzene rings is 1. The average molecular weight is 499 g/mol. The van der Waals surface area contributed by atoms with Crippen molar-refractivity contribution in [3.63, 3.8) is 0 Å². The molecular weight excluding hydrogens is 457 g/mol. The highest BCUT2D eigenvalue weighted by atomic mass is 28.5. The van der Waals surface area contributed by atoms with Crippen LogP contribution in [0.25, 0.3) is 0 Å². The number of hydrogen-bond donors (Lipinski definition) is 1. The Balaban J connectivity index is 1.82. The number of ketones is 1. The smallest absolute Gasteiger partial charge is 0.341 e. The molecule has 6 nitrogen and oxygen atoms in total. The lowest BCUT2D eigenvalue weighted by atomic mass is 9.79. The maximum atomic E-state index is 12.7. The highest BCUT2D eigenvalue weighted by molar-refractivity contribution is 6.87. The summed E-state index contributed by atoms with van der Waals surface area (Å²) in [6.07, 6.45) is 4.46. The van der Waals surface area contributed by atoms with Gasteiger partial charge in [-0.05, 0) is 82.9 Å². The second-order valence-corrected chi connectivity index (χ2v) is 23.5. The lowest BCUT2D eigenvalue weighted by molar-refractivity contribution is 0.0116. The second kappa shape index (κ2) is 11.1. The first-order valence-corrected chi connectivity index (χ1v) is 21.0. The van der Waals surface area contributed by atoms with E-state index in [2.05, 4.69) is 45.8 Å². The van der Waals surface area contributed by atoms with Crippen molar-refractivity contribution in [2.45, 2.75) is 83.5 Å². The van der Waals surface area contributed by atoms with Crippen molar-refractivity contribution in [3.05, 3.63) is 29.8 Å². The average Bonchev–Trinajstić information content (AvgIpc) is 2.65. The van der Waals surface area contributed by atoms with E-state index >= 15 is 0 Å². The van der Waals surface area contributed by atoms with E-state index in [1.165, 1.54) is 0 Å². The molecule has 1 aliphatic rings. The van der Waals surface area contributed by atoms with Crippen LogP contribution in [0.5, 0.6) is 5.75 Å². The van der Waals surface area contributed by atoms with Gasteiger partial charge in [-0.15, -0.1) is 0 Å². The van der Waals surface area contributed by atoms with Gasteiger partial charge in [0.15, 0.2) is 22.4 Å². The van der Waals surface area contributed by atoms with Crippen LogP contribution in [-0.2, 0) is 13.0 Å². The molecule has 0 aromatic heterocycles. The molecule has 1 aromatic carbocycles. The van der Waals surface area contributed by atoms with Crippen molar-refractivity contribution in [2.75, 3.05) is 19.4 Å². The molecule has 0 bridgehead atoms. The Morgan fingerprint density at radius 3 is 1.91 bits per heavy atom. The fraction of sp³-hybridized carbons (Fsp3) is 0.696. The van der Waals surface area contributed by atoms with E-state index in [1.807, 2.05) is 0 Å². The van der Waals surface area contributed by atoms with Crippen molar-refractivity contribution in [3.8, 4) is 5.75 Å². The molecule has 1 saturated carbocycles. The Bertz CT molecular complexity index is 718. The van der Waals surface area contributed by atoms with Crippen molar-refractivity contribution in [1.82, 2.24) is 0 Å². The zero-order valence-electron chi connectivity index (χ0n) is 21.0. The normalized spacial score (nSPS) is 17.2. The van der Waals surface area contributed by atoms with E-state index in [4.69, 9.17) is 17.7 Å². The number of aliphatic hydroxyl groups is 1. The monoisotopic (exact) mass is 498 g/mol. The molecule has 0 spiro atoms. The molecule has 32 heavy (non-hydrogen) atoms. The van der Waals surface area contributed by atoms with Crippen LogP contribution in [0.3, 0.4) is 0 Å². The summed E-state index contributed by atoms with van der Waals surface area (Å²) in [5.41, 5.74) is -0.673. The van der Waals surface area contributed by atoms with Gasteiger partial charge in [0.1, 0.15) is 18.0 Å². The van der Waals surface area contributed by atoms with Crippen molar-refractivity contribution in [1.29, 1.82) is 0 Å². The van der Waals surface area contributed by atoms with Crippen LogP contribution >= 0.6 is 0 Å². The third-order valence-electron chi connectivity index (χ3n) is 5.12. The summed E-state index contributed by atoms with van der Waals surface area (Å²) in [5.74, 6) is 0.499. The highest BCUT2D eigenvalue weighted by Crippen LogP contribution is 2.31. The lowest BCUT2D eigenvalue weighted by Gasteiger charge is -2.38. The summed E-state index contributed by atoms with van der Waals surface area (Å²) >= 11 is 0. The maximum absolute atomic E-state index is 12.7. The molecule has 0 saturated heterocycles. The van der Waals surface area contributed by atoms with Crippen LogP contribution in [0.2, 0.25) is 45.8 Å². The molecular formula is C23H42O6Si3. The predicted octanol–water partition coefficient (Wildman–Crippen LogP) is 5.27. The minimum atomic E-state index is -2.41. The summed E-state index contributed by atoms with van der Waals surface area (Å²) in [4.78, 5) is 12.7. The first kappa shape index (κ1) is 27.4. The molecule has 1 fully saturated rings. The van der Waals surface area contributed by atoms with Gasteiger partial charge in [-0.2, -0.15) is 0 Å². The minimum Gasteiger partial charge on any atom is -0.491 e. The SMILES string of the molecule is C[Si](C)(C)O[Si](C)(COCCOc1ccc(C(=O)C2(O)CCCCC2)cc1)O[Si](C)(C)C. The van der Waals surface area contributed by atoms with Crippen LogP contribution in [0.15, 0.2) is 24.3 Å². The molecule has 0 unspecified atom stereocenters. The molecule has 0 atom stereocenters. The number of rotatable bonds is 12.